The first-order valence-electron chi connectivity index (χ1n) is 7.98. The van der Waals surface area contributed by atoms with Gasteiger partial charge in [0.05, 0.1) is 0 Å². The van der Waals surface area contributed by atoms with E-state index in [2.05, 4.69) is 29.0 Å². The van der Waals surface area contributed by atoms with Crippen molar-refractivity contribution in [2.24, 2.45) is 5.92 Å². The molecule has 2 N–H and O–H groups in total. The Balaban J connectivity index is 1.65. The summed E-state index contributed by atoms with van der Waals surface area (Å²) in [7, 11) is 0. The molecule has 2 aliphatic rings. The molecule has 0 bridgehead atoms. The van der Waals surface area contributed by atoms with Crippen LogP contribution in [0, 0.1) is 5.92 Å². The molecule has 5 nitrogen and oxygen atoms in total. The lowest BCUT2D eigenvalue weighted by Gasteiger charge is -2.35. The van der Waals surface area contributed by atoms with E-state index in [1.807, 2.05) is 0 Å². The summed E-state index contributed by atoms with van der Waals surface area (Å²) in [6.45, 7) is 11.0. The lowest BCUT2D eigenvalue weighted by Crippen LogP contribution is -2.49. The molecule has 0 amide bonds. The number of carboxylic acids is 1. The number of piperazine rings is 1. The van der Waals surface area contributed by atoms with Crippen LogP contribution in [0.5, 0.6) is 0 Å². The van der Waals surface area contributed by atoms with E-state index in [1.54, 1.807) is 0 Å². The van der Waals surface area contributed by atoms with Crippen molar-refractivity contribution in [3.05, 3.63) is 0 Å². The van der Waals surface area contributed by atoms with Gasteiger partial charge in [-0.15, -0.1) is 0 Å². The Labute approximate surface area is 122 Å². The van der Waals surface area contributed by atoms with Crippen LogP contribution in [-0.2, 0) is 4.79 Å². The van der Waals surface area contributed by atoms with Crippen LogP contribution in [-0.4, -0.2) is 72.2 Å². The Morgan fingerprint density at radius 2 is 1.80 bits per heavy atom. The SMILES string of the molecule is CC(C)CN1CCN(CCC(NC2CC2)C(=O)O)CC1. The number of nitrogens with one attached hydrogen (secondary N) is 1. The highest BCUT2D eigenvalue weighted by Crippen LogP contribution is 2.20. The van der Waals surface area contributed by atoms with Crippen LogP contribution in [0.4, 0.5) is 0 Å². The maximum absolute atomic E-state index is 11.2. The van der Waals surface area contributed by atoms with Crippen molar-refractivity contribution in [1.82, 2.24) is 15.1 Å². The molecule has 1 saturated heterocycles. The Morgan fingerprint density at radius 1 is 1.20 bits per heavy atom. The number of hydrogen-bond acceptors (Lipinski definition) is 4. The summed E-state index contributed by atoms with van der Waals surface area (Å²) in [5.74, 6) is 0.0241. The highest BCUT2D eigenvalue weighted by Gasteiger charge is 2.28. The van der Waals surface area contributed by atoms with Crippen LogP contribution in [0.25, 0.3) is 0 Å². The van der Waals surface area contributed by atoms with Gasteiger partial charge in [0.25, 0.3) is 0 Å². The van der Waals surface area contributed by atoms with Gasteiger partial charge >= 0.3 is 5.97 Å². The molecular weight excluding hydrogens is 254 g/mol. The molecule has 2 rings (SSSR count). The highest BCUT2D eigenvalue weighted by atomic mass is 16.4. The first kappa shape index (κ1) is 15.7. The lowest BCUT2D eigenvalue weighted by atomic mass is 10.1. The Bertz CT molecular complexity index is 310. The summed E-state index contributed by atoms with van der Waals surface area (Å²) in [5, 5.41) is 12.5. The average Bonchev–Trinajstić information content (AvgIpc) is 3.19. The molecule has 0 spiro atoms. The maximum atomic E-state index is 11.2. The van der Waals surface area contributed by atoms with Gasteiger partial charge in [-0.25, -0.2) is 0 Å². The molecular formula is C15H29N3O2. The van der Waals surface area contributed by atoms with Crippen LogP contribution >= 0.6 is 0 Å². The predicted molar refractivity (Wildman–Crippen MR) is 79.9 cm³/mol. The van der Waals surface area contributed by atoms with E-state index in [4.69, 9.17) is 0 Å². The monoisotopic (exact) mass is 283 g/mol. The minimum atomic E-state index is -0.699. The molecule has 1 aliphatic heterocycles. The van der Waals surface area contributed by atoms with Crippen LogP contribution in [0.15, 0.2) is 0 Å². The average molecular weight is 283 g/mol. The predicted octanol–water partition coefficient (Wildman–Crippen LogP) is 0.855. The molecule has 2 fully saturated rings. The first-order valence-corrected chi connectivity index (χ1v) is 7.98. The van der Waals surface area contributed by atoms with Crippen LogP contribution in [0.2, 0.25) is 0 Å². The normalized spacial score (nSPS) is 23.1. The molecule has 1 heterocycles. The molecule has 1 atom stereocenters. The number of hydrogen-bond donors (Lipinski definition) is 2. The smallest absolute Gasteiger partial charge is 0.320 e. The van der Waals surface area contributed by atoms with E-state index in [9.17, 15) is 9.90 Å². The standard InChI is InChI=1S/C15H29N3O2/c1-12(2)11-18-9-7-17(8-10-18)6-5-14(15(19)20)16-13-3-4-13/h12-14,16H,3-11H2,1-2H3,(H,19,20). The van der Waals surface area contributed by atoms with Crippen molar-refractivity contribution in [2.45, 2.75) is 45.2 Å². The maximum Gasteiger partial charge on any atom is 0.320 e. The molecule has 0 aromatic heterocycles. The number of rotatable bonds is 8. The Kier molecular flexibility index (Phi) is 5.81. The molecule has 20 heavy (non-hydrogen) atoms. The molecule has 1 aliphatic carbocycles. The summed E-state index contributed by atoms with van der Waals surface area (Å²) in [5.41, 5.74) is 0. The number of nitrogens with zero attached hydrogens (tertiary/aromatic N) is 2. The van der Waals surface area contributed by atoms with E-state index < -0.39 is 5.97 Å². The summed E-state index contributed by atoms with van der Waals surface area (Å²) in [4.78, 5) is 16.1. The van der Waals surface area contributed by atoms with Crippen molar-refractivity contribution in [1.29, 1.82) is 0 Å². The summed E-state index contributed by atoms with van der Waals surface area (Å²) in [6, 6.07) is 0.0928. The van der Waals surface area contributed by atoms with E-state index in [0.717, 1.165) is 57.9 Å². The van der Waals surface area contributed by atoms with Crippen molar-refractivity contribution >= 4 is 5.97 Å². The van der Waals surface area contributed by atoms with Crippen molar-refractivity contribution < 1.29 is 9.90 Å². The number of carbonyl (C=O) groups is 1. The third kappa shape index (κ3) is 5.38. The fourth-order valence-electron chi connectivity index (χ4n) is 2.84. The van der Waals surface area contributed by atoms with Gasteiger partial charge in [-0.05, 0) is 25.2 Å². The molecule has 0 radical (unpaired) electrons. The minimum Gasteiger partial charge on any atom is -0.480 e. The molecule has 0 aromatic rings. The molecule has 1 unspecified atom stereocenters. The van der Waals surface area contributed by atoms with E-state index in [1.165, 1.54) is 6.54 Å². The largest absolute Gasteiger partial charge is 0.480 e. The van der Waals surface area contributed by atoms with Gasteiger partial charge < -0.3 is 20.2 Å². The summed E-state index contributed by atoms with van der Waals surface area (Å²) >= 11 is 0. The van der Waals surface area contributed by atoms with E-state index in [0.29, 0.717) is 6.04 Å². The zero-order valence-corrected chi connectivity index (χ0v) is 12.8. The Morgan fingerprint density at radius 3 is 2.30 bits per heavy atom. The third-order valence-electron chi connectivity index (χ3n) is 4.13. The van der Waals surface area contributed by atoms with E-state index in [-0.39, 0.29) is 6.04 Å². The fourth-order valence-corrected chi connectivity index (χ4v) is 2.84. The van der Waals surface area contributed by atoms with Gasteiger partial charge in [-0.3, -0.25) is 4.79 Å². The van der Waals surface area contributed by atoms with Gasteiger partial charge in [-0.1, -0.05) is 13.8 Å². The topological polar surface area (TPSA) is 55.8 Å². The molecule has 1 saturated carbocycles. The van der Waals surface area contributed by atoms with Gasteiger partial charge in [-0.2, -0.15) is 0 Å². The number of carboxylic acid groups (broad SMARTS) is 1. The third-order valence-corrected chi connectivity index (χ3v) is 4.13. The van der Waals surface area contributed by atoms with Gasteiger partial charge in [0, 0.05) is 45.3 Å². The number of aliphatic carboxylic acids is 1. The van der Waals surface area contributed by atoms with Gasteiger partial charge in [0.15, 0.2) is 0 Å². The second-order valence-electron chi connectivity index (χ2n) is 6.66. The second kappa shape index (κ2) is 7.38. The summed E-state index contributed by atoms with van der Waals surface area (Å²) in [6.07, 6.45) is 2.99. The zero-order chi connectivity index (χ0) is 14.5. The first-order chi connectivity index (χ1) is 9.54. The van der Waals surface area contributed by atoms with Crippen molar-refractivity contribution in [3.63, 3.8) is 0 Å². The molecule has 116 valence electrons. The van der Waals surface area contributed by atoms with Gasteiger partial charge in [0.2, 0.25) is 0 Å². The van der Waals surface area contributed by atoms with Crippen LogP contribution < -0.4 is 5.32 Å². The zero-order valence-electron chi connectivity index (χ0n) is 12.8. The highest BCUT2D eigenvalue weighted by molar-refractivity contribution is 5.73. The molecule has 0 aromatic carbocycles. The van der Waals surface area contributed by atoms with Crippen molar-refractivity contribution in [3.8, 4) is 0 Å². The van der Waals surface area contributed by atoms with Crippen LogP contribution in [0.3, 0.4) is 0 Å². The second-order valence-corrected chi connectivity index (χ2v) is 6.66. The minimum absolute atomic E-state index is 0.365. The van der Waals surface area contributed by atoms with Gasteiger partial charge in [0.1, 0.15) is 6.04 Å². The van der Waals surface area contributed by atoms with Crippen molar-refractivity contribution in [2.75, 3.05) is 39.3 Å². The Hall–Kier alpha value is -0.650. The molecule has 5 heteroatoms. The van der Waals surface area contributed by atoms with E-state index >= 15 is 0 Å². The quantitative estimate of drug-likeness (QED) is 0.692. The fraction of sp³-hybridized carbons (Fsp3) is 0.933. The van der Waals surface area contributed by atoms with Crippen LogP contribution in [0.1, 0.15) is 33.1 Å². The summed E-state index contributed by atoms with van der Waals surface area (Å²) < 4.78 is 0. The lowest BCUT2D eigenvalue weighted by molar-refractivity contribution is -0.139.